The molecule has 1 saturated heterocycles. The first-order valence-corrected chi connectivity index (χ1v) is 10.0. The van der Waals surface area contributed by atoms with E-state index in [2.05, 4.69) is 28.8 Å². The molecule has 2 N–H and O–H groups in total. The van der Waals surface area contributed by atoms with E-state index in [1.54, 1.807) is 12.1 Å². The fraction of sp³-hybridized carbons (Fsp3) is 0.588. The number of aliphatic imine (C=N–C) groups is 1. The second kappa shape index (κ2) is 10.3. The van der Waals surface area contributed by atoms with E-state index >= 15 is 0 Å². The van der Waals surface area contributed by atoms with E-state index in [9.17, 15) is 8.42 Å². The molecule has 6 nitrogen and oxygen atoms in total. The van der Waals surface area contributed by atoms with Crippen molar-refractivity contribution in [3.8, 4) is 0 Å². The van der Waals surface area contributed by atoms with Crippen LogP contribution in [0, 0.1) is 5.92 Å². The van der Waals surface area contributed by atoms with Gasteiger partial charge >= 0.3 is 0 Å². The Balaban J connectivity index is 0.00000312. The van der Waals surface area contributed by atoms with Gasteiger partial charge in [-0.05, 0) is 50.4 Å². The monoisotopic (exact) mass is 480 g/mol. The lowest BCUT2D eigenvalue weighted by atomic mass is 10.00. The molecule has 0 unspecified atom stereocenters. The van der Waals surface area contributed by atoms with Crippen molar-refractivity contribution in [1.82, 2.24) is 14.9 Å². The summed E-state index contributed by atoms with van der Waals surface area (Å²) in [7, 11) is -1.97. The number of hydrogen-bond donors (Lipinski definition) is 2. The average molecular weight is 480 g/mol. The maximum absolute atomic E-state index is 11.7. The van der Waals surface area contributed by atoms with Crippen molar-refractivity contribution in [3.63, 3.8) is 0 Å². The molecule has 8 heteroatoms. The number of halogens is 1. The molecule has 0 amide bonds. The minimum Gasteiger partial charge on any atom is -0.357 e. The molecule has 0 aromatic heterocycles. The van der Waals surface area contributed by atoms with E-state index in [0.717, 1.165) is 37.1 Å². The number of piperidine rings is 1. The number of nitrogens with zero attached hydrogens (tertiary/aromatic N) is 2. The normalized spacial score (nSPS) is 16.4. The first-order valence-electron chi connectivity index (χ1n) is 8.52. The van der Waals surface area contributed by atoms with Crippen molar-refractivity contribution in [2.45, 2.75) is 38.1 Å². The summed E-state index contributed by atoms with van der Waals surface area (Å²) in [5.74, 6) is 1.72. The van der Waals surface area contributed by atoms with Crippen LogP contribution in [0.15, 0.2) is 34.2 Å². The summed E-state index contributed by atoms with van der Waals surface area (Å²) in [6, 6.07) is 6.86. The van der Waals surface area contributed by atoms with Crippen LogP contribution in [-0.2, 0) is 16.6 Å². The highest BCUT2D eigenvalue weighted by Crippen LogP contribution is 2.16. The minimum absolute atomic E-state index is 0. The summed E-state index contributed by atoms with van der Waals surface area (Å²) >= 11 is 0. The van der Waals surface area contributed by atoms with Crippen molar-refractivity contribution in [2.75, 3.05) is 26.7 Å². The van der Waals surface area contributed by atoms with Gasteiger partial charge in [0.1, 0.15) is 0 Å². The number of benzene rings is 1. The number of hydrogen-bond acceptors (Lipinski definition) is 3. The van der Waals surface area contributed by atoms with Crippen molar-refractivity contribution in [1.29, 1.82) is 0 Å². The summed E-state index contributed by atoms with van der Waals surface area (Å²) < 4.78 is 25.8. The lowest BCUT2D eigenvalue weighted by Gasteiger charge is -2.33. The maximum Gasteiger partial charge on any atom is 0.240 e. The summed E-state index contributed by atoms with van der Waals surface area (Å²) in [4.78, 5) is 7.29. The van der Waals surface area contributed by atoms with Crippen LogP contribution < -0.4 is 10.0 Å². The molecule has 1 aliphatic heterocycles. The molecule has 0 atom stereocenters. The molecule has 0 spiro atoms. The zero-order chi connectivity index (χ0) is 17.6. The van der Waals surface area contributed by atoms with Gasteiger partial charge in [0.05, 0.1) is 11.4 Å². The Morgan fingerprint density at radius 2 is 1.84 bits per heavy atom. The highest BCUT2D eigenvalue weighted by atomic mass is 127. The topological polar surface area (TPSA) is 73.8 Å². The van der Waals surface area contributed by atoms with E-state index in [4.69, 9.17) is 4.99 Å². The Bertz CT molecular complexity index is 654. The molecule has 1 aromatic carbocycles. The molecule has 25 heavy (non-hydrogen) atoms. The SMILES string of the molecule is CCNC(=NCc1ccc(S(=O)(=O)NC)cc1)N1CCC(C)CC1.I. The molecule has 1 heterocycles. The molecule has 0 aliphatic carbocycles. The fourth-order valence-electron chi connectivity index (χ4n) is 2.70. The Kier molecular flexibility index (Phi) is 9.15. The smallest absolute Gasteiger partial charge is 0.240 e. The van der Waals surface area contributed by atoms with Crippen molar-refractivity contribution in [2.24, 2.45) is 10.9 Å². The van der Waals surface area contributed by atoms with Crippen LogP contribution in [0.5, 0.6) is 0 Å². The average Bonchev–Trinajstić information content (AvgIpc) is 2.60. The minimum atomic E-state index is -3.38. The van der Waals surface area contributed by atoms with Gasteiger partial charge in [-0.2, -0.15) is 0 Å². The second-order valence-electron chi connectivity index (χ2n) is 6.19. The van der Waals surface area contributed by atoms with Gasteiger partial charge in [0.25, 0.3) is 0 Å². The van der Waals surface area contributed by atoms with E-state index < -0.39 is 10.0 Å². The highest BCUT2D eigenvalue weighted by molar-refractivity contribution is 14.0. The van der Waals surface area contributed by atoms with E-state index in [1.165, 1.54) is 19.9 Å². The summed E-state index contributed by atoms with van der Waals surface area (Å²) in [6.07, 6.45) is 2.39. The highest BCUT2D eigenvalue weighted by Gasteiger charge is 2.18. The predicted octanol–water partition coefficient (Wildman–Crippen LogP) is 2.41. The van der Waals surface area contributed by atoms with E-state index in [1.807, 2.05) is 12.1 Å². The van der Waals surface area contributed by atoms with Crippen LogP contribution in [0.4, 0.5) is 0 Å². The van der Waals surface area contributed by atoms with Crippen LogP contribution in [0.1, 0.15) is 32.3 Å². The lowest BCUT2D eigenvalue weighted by Crippen LogP contribution is -2.45. The number of sulfonamides is 1. The van der Waals surface area contributed by atoms with Crippen LogP contribution in [0.3, 0.4) is 0 Å². The quantitative estimate of drug-likeness (QED) is 0.386. The molecule has 0 radical (unpaired) electrons. The van der Waals surface area contributed by atoms with Crippen molar-refractivity contribution in [3.05, 3.63) is 29.8 Å². The summed E-state index contributed by atoms with van der Waals surface area (Å²) in [5.41, 5.74) is 0.992. The molecule has 1 fully saturated rings. The third-order valence-electron chi connectivity index (χ3n) is 4.33. The zero-order valence-electron chi connectivity index (χ0n) is 15.2. The number of rotatable bonds is 5. The van der Waals surface area contributed by atoms with Crippen LogP contribution in [0.25, 0.3) is 0 Å². The van der Waals surface area contributed by atoms with Gasteiger partial charge in [-0.3, -0.25) is 0 Å². The summed E-state index contributed by atoms with van der Waals surface area (Å²) in [5, 5.41) is 3.35. The van der Waals surface area contributed by atoms with Crippen LogP contribution in [-0.4, -0.2) is 46.0 Å². The second-order valence-corrected chi connectivity index (χ2v) is 8.08. The predicted molar refractivity (Wildman–Crippen MR) is 113 cm³/mol. The van der Waals surface area contributed by atoms with Gasteiger partial charge in [-0.1, -0.05) is 19.1 Å². The first-order chi connectivity index (χ1) is 11.5. The largest absolute Gasteiger partial charge is 0.357 e. The fourth-order valence-corrected chi connectivity index (χ4v) is 3.43. The van der Waals surface area contributed by atoms with Gasteiger partial charge in [-0.25, -0.2) is 18.1 Å². The zero-order valence-corrected chi connectivity index (χ0v) is 18.3. The van der Waals surface area contributed by atoms with Crippen LogP contribution in [0.2, 0.25) is 0 Å². The lowest BCUT2D eigenvalue weighted by molar-refractivity contribution is 0.273. The molecular weight excluding hydrogens is 451 g/mol. The Morgan fingerprint density at radius 1 is 1.24 bits per heavy atom. The number of guanidine groups is 1. The Hall–Kier alpha value is -0.870. The third kappa shape index (κ3) is 6.41. The Morgan fingerprint density at radius 3 is 2.36 bits per heavy atom. The molecule has 0 saturated carbocycles. The molecule has 0 bridgehead atoms. The molecule has 1 aliphatic rings. The van der Waals surface area contributed by atoms with Gasteiger partial charge in [0, 0.05) is 19.6 Å². The van der Waals surface area contributed by atoms with Crippen LogP contribution >= 0.6 is 24.0 Å². The molecule has 1 aromatic rings. The third-order valence-corrected chi connectivity index (χ3v) is 5.76. The van der Waals surface area contributed by atoms with E-state index in [-0.39, 0.29) is 28.9 Å². The maximum atomic E-state index is 11.7. The molecule has 2 rings (SSSR count). The Labute approximate surface area is 168 Å². The number of likely N-dealkylation sites (tertiary alicyclic amines) is 1. The van der Waals surface area contributed by atoms with Gasteiger partial charge in [0.2, 0.25) is 10.0 Å². The van der Waals surface area contributed by atoms with Crippen molar-refractivity contribution < 1.29 is 8.42 Å². The van der Waals surface area contributed by atoms with Gasteiger partial charge < -0.3 is 10.2 Å². The number of nitrogens with one attached hydrogen (secondary N) is 2. The molecule has 142 valence electrons. The first kappa shape index (κ1) is 22.2. The van der Waals surface area contributed by atoms with Gasteiger partial charge in [0.15, 0.2) is 5.96 Å². The van der Waals surface area contributed by atoms with Gasteiger partial charge in [-0.15, -0.1) is 24.0 Å². The summed E-state index contributed by atoms with van der Waals surface area (Å²) in [6.45, 7) is 7.80. The van der Waals surface area contributed by atoms with E-state index in [0.29, 0.717) is 6.54 Å². The standard InChI is InChI=1S/C17H28N4O2S.HI/c1-4-19-17(21-11-9-14(2)10-12-21)20-13-15-5-7-16(8-6-15)24(22,23)18-3;/h5-8,14,18H,4,9-13H2,1-3H3,(H,19,20);1H. The van der Waals surface area contributed by atoms with Crippen molar-refractivity contribution >= 4 is 40.0 Å². The molecular formula is C17H29IN4O2S.